The van der Waals surface area contributed by atoms with Crippen LogP contribution in [-0.4, -0.2) is 12.6 Å². The number of halogens is 1. The van der Waals surface area contributed by atoms with Crippen LogP contribution < -0.4 is 0 Å². The van der Waals surface area contributed by atoms with Gasteiger partial charge in [-0.05, 0) is 0 Å². The Morgan fingerprint density at radius 2 is 1.92 bits per heavy atom. The minimum absolute atomic E-state index is 0.699. The molecule has 1 aliphatic heterocycles. The van der Waals surface area contributed by atoms with Crippen LogP contribution >= 0.6 is 19.8 Å². The molecule has 0 aliphatic carbocycles. The van der Waals surface area contributed by atoms with Gasteiger partial charge in [-0.15, -0.1) is 0 Å². The monoisotopic (exact) mass is 282 g/mol. The van der Waals surface area contributed by atoms with Crippen LogP contribution in [0.15, 0.2) is 0 Å². The Morgan fingerprint density at radius 3 is 2.50 bits per heavy atom. The van der Waals surface area contributed by atoms with Crippen LogP contribution in [-0.2, 0) is 4.79 Å². The van der Waals surface area contributed by atoms with Crippen LogP contribution in [0, 0.1) is 0 Å². The molecule has 2 heteroatoms. The zero-order valence-electron chi connectivity index (χ0n) is 7.94. The first-order valence-corrected chi connectivity index (χ1v) is 9.12. The molecule has 0 bridgehead atoms. The first kappa shape index (κ1) is 10.5. The van der Waals surface area contributed by atoms with Crippen LogP contribution in [0.5, 0.6) is 0 Å². The Kier molecular flexibility index (Phi) is 5.19. The van der Waals surface area contributed by atoms with Gasteiger partial charge in [0, 0.05) is 0 Å². The van der Waals surface area contributed by atoms with Crippen molar-refractivity contribution in [2.45, 2.75) is 45.4 Å². The quantitative estimate of drug-likeness (QED) is 0.327. The third-order valence-electron chi connectivity index (χ3n) is 2.25. The zero-order valence-corrected chi connectivity index (χ0v) is 10.1. The summed E-state index contributed by atoms with van der Waals surface area (Å²) in [6, 6.07) is 0. The molecule has 0 atom stereocenters. The molecule has 1 nitrogen and oxygen atoms in total. The topological polar surface area (TPSA) is 17.1 Å². The van der Waals surface area contributed by atoms with Crippen molar-refractivity contribution in [2.75, 3.05) is 8.86 Å². The van der Waals surface area contributed by atoms with Crippen LogP contribution in [0.3, 0.4) is 0 Å². The van der Waals surface area contributed by atoms with Crippen molar-refractivity contribution in [2.24, 2.45) is 0 Å². The second-order valence-corrected chi connectivity index (χ2v) is 9.32. The van der Waals surface area contributed by atoms with Gasteiger partial charge in [-0.3, -0.25) is 0 Å². The minimum atomic E-state index is -1.02. The zero-order chi connectivity index (χ0) is 8.81. The Bertz CT molecular complexity index is 139. The van der Waals surface area contributed by atoms with E-state index >= 15 is 0 Å². The van der Waals surface area contributed by atoms with Crippen LogP contribution in [0.4, 0.5) is 0 Å². The van der Waals surface area contributed by atoms with Gasteiger partial charge in [0.05, 0.1) is 0 Å². The summed E-state index contributed by atoms with van der Waals surface area (Å²) in [6.45, 7) is 2.19. The summed E-state index contributed by atoms with van der Waals surface area (Å²) in [5.74, 6) is 0. The van der Waals surface area contributed by atoms with Crippen molar-refractivity contribution >= 4 is 23.6 Å². The number of carbonyl (C=O) groups is 1. The first-order valence-electron chi connectivity index (χ1n) is 4.99. The van der Waals surface area contributed by atoms with Gasteiger partial charge >= 0.3 is 82.7 Å². The van der Waals surface area contributed by atoms with Crippen molar-refractivity contribution in [3.8, 4) is 0 Å². The summed E-state index contributed by atoms with van der Waals surface area (Å²) < 4.78 is 3.36. The fraction of sp³-hybridized carbons (Fsp3) is 0.900. The van der Waals surface area contributed by atoms with E-state index in [1.807, 2.05) is 0 Å². The maximum absolute atomic E-state index is 11.6. The molecule has 0 N–H and O–H groups in total. The molecule has 0 unspecified atom stereocenters. The number of unbranched alkanes of at least 4 members (excludes halogenated alkanes) is 2. The van der Waals surface area contributed by atoms with Crippen LogP contribution in [0.1, 0.15) is 45.4 Å². The molecule has 0 radical (unpaired) electrons. The molecular weight excluding hydrogens is 263 g/mol. The first-order chi connectivity index (χ1) is 5.84. The van der Waals surface area contributed by atoms with Crippen molar-refractivity contribution in [1.29, 1.82) is 0 Å². The van der Waals surface area contributed by atoms with E-state index < -0.39 is 19.8 Å². The Balaban J connectivity index is 2.10. The number of hydrogen-bond acceptors (Lipinski definition) is 1. The average Bonchev–Trinajstić information content (AvgIpc) is 2.56. The molecular formula is C10H19IO. The van der Waals surface area contributed by atoms with E-state index in [1.165, 1.54) is 34.5 Å². The molecule has 1 saturated heterocycles. The van der Waals surface area contributed by atoms with E-state index in [4.69, 9.17) is 0 Å². The predicted molar refractivity (Wildman–Crippen MR) is 62.1 cm³/mol. The summed E-state index contributed by atoms with van der Waals surface area (Å²) in [7, 11) is 0. The van der Waals surface area contributed by atoms with Gasteiger partial charge in [0.25, 0.3) is 0 Å². The molecule has 12 heavy (non-hydrogen) atoms. The summed E-state index contributed by atoms with van der Waals surface area (Å²) >= 11 is -1.02. The van der Waals surface area contributed by atoms with E-state index in [0.717, 1.165) is 12.8 Å². The Morgan fingerprint density at radius 1 is 1.25 bits per heavy atom. The van der Waals surface area contributed by atoms with E-state index in [9.17, 15) is 4.79 Å². The summed E-state index contributed by atoms with van der Waals surface area (Å²) in [5, 5.41) is 0. The molecule has 1 aliphatic rings. The van der Waals surface area contributed by atoms with Crippen LogP contribution in [0.2, 0.25) is 0 Å². The molecule has 0 amide bonds. The molecule has 0 saturated carbocycles. The van der Waals surface area contributed by atoms with E-state index in [0.29, 0.717) is 3.79 Å². The molecule has 0 spiro atoms. The Labute approximate surface area is 82.7 Å². The second-order valence-electron chi connectivity index (χ2n) is 3.35. The fourth-order valence-corrected chi connectivity index (χ4v) is 7.27. The van der Waals surface area contributed by atoms with Gasteiger partial charge < -0.3 is 0 Å². The third kappa shape index (κ3) is 3.42. The Hall–Kier alpha value is 0.400. The normalized spacial score (nSPS) is 19.9. The van der Waals surface area contributed by atoms with Gasteiger partial charge in [0.15, 0.2) is 0 Å². The average molecular weight is 282 g/mol. The second kappa shape index (κ2) is 5.95. The summed E-state index contributed by atoms with van der Waals surface area (Å²) in [4.78, 5) is 11.6. The molecule has 1 heterocycles. The molecule has 1 rings (SSSR count). The van der Waals surface area contributed by atoms with Gasteiger partial charge in [-0.2, -0.15) is 0 Å². The number of rotatable bonds is 5. The van der Waals surface area contributed by atoms with Crippen molar-refractivity contribution in [3.63, 3.8) is 0 Å². The van der Waals surface area contributed by atoms with Crippen LogP contribution in [0.25, 0.3) is 0 Å². The molecule has 0 aromatic heterocycles. The molecule has 0 aromatic carbocycles. The number of alkyl halides is 2. The van der Waals surface area contributed by atoms with Crippen molar-refractivity contribution in [3.05, 3.63) is 0 Å². The van der Waals surface area contributed by atoms with Gasteiger partial charge in [0.2, 0.25) is 0 Å². The standard InChI is InChI=1S/C10H19IO/c1-2-3-4-7-10(12)11-8-5-6-9-11/h2-9H2,1H3. The van der Waals surface area contributed by atoms with Gasteiger partial charge in [-0.25, -0.2) is 0 Å². The van der Waals surface area contributed by atoms with E-state index in [1.54, 1.807) is 0 Å². The fourth-order valence-electron chi connectivity index (χ4n) is 1.46. The SMILES string of the molecule is CCCCCC(=O)I1CCCC1. The van der Waals surface area contributed by atoms with Crippen molar-refractivity contribution in [1.82, 2.24) is 0 Å². The predicted octanol–water partition coefficient (Wildman–Crippen LogP) is 3.39. The summed E-state index contributed by atoms with van der Waals surface area (Å²) in [6.07, 6.45) is 7.26. The molecule has 1 fully saturated rings. The molecule has 72 valence electrons. The number of hydrogen-bond donors (Lipinski definition) is 0. The van der Waals surface area contributed by atoms with E-state index in [-0.39, 0.29) is 0 Å². The summed E-state index contributed by atoms with van der Waals surface area (Å²) in [5.41, 5.74) is 0. The maximum atomic E-state index is 11.6. The van der Waals surface area contributed by atoms with Gasteiger partial charge in [0.1, 0.15) is 0 Å². The third-order valence-corrected chi connectivity index (χ3v) is 8.62. The number of carbonyl (C=O) groups excluding carboxylic acids is 1. The van der Waals surface area contributed by atoms with Gasteiger partial charge in [-0.1, -0.05) is 0 Å². The van der Waals surface area contributed by atoms with Crippen molar-refractivity contribution < 1.29 is 4.79 Å². The molecule has 0 aromatic rings. The van der Waals surface area contributed by atoms with E-state index in [2.05, 4.69) is 6.92 Å².